The number of anilines is 4. The van der Waals surface area contributed by atoms with Crippen molar-refractivity contribution in [3.63, 3.8) is 0 Å². The molecule has 0 spiro atoms. The van der Waals surface area contributed by atoms with Gasteiger partial charge in [0.1, 0.15) is 17.2 Å². The highest BCUT2D eigenvalue weighted by atomic mass is 32.2. The summed E-state index contributed by atoms with van der Waals surface area (Å²) in [7, 11) is -2.41. The first kappa shape index (κ1) is 28.9. The van der Waals surface area contributed by atoms with Gasteiger partial charge in [-0.15, -0.1) is 0 Å². The molecule has 40 heavy (non-hydrogen) atoms. The summed E-state index contributed by atoms with van der Waals surface area (Å²) in [4.78, 5) is 25.2. The molecule has 214 valence electrons. The highest BCUT2D eigenvalue weighted by Crippen LogP contribution is 2.35. The van der Waals surface area contributed by atoms with Crippen molar-refractivity contribution in [1.82, 2.24) is 19.9 Å². The summed E-state index contributed by atoms with van der Waals surface area (Å²) in [6.07, 6.45) is -2.28. The predicted octanol–water partition coefficient (Wildman–Crippen LogP) is 4.12. The Morgan fingerprint density at radius 2 is 1.85 bits per heavy atom. The summed E-state index contributed by atoms with van der Waals surface area (Å²) in [6.45, 7) is -0.965. The molecule has 1 amide bonds. The van der Waals surface area contributed by atoms with Gasteiger partial charge >= 0.3 is 6.18 Å². The highest BCUT2D eigenvalue weighted by molar-refractivity contribution is 7.92. The molecule has 0 saturated carbocycles. The molecule has 1 aromatic carbocycles. The molecule has 3 aromatic rings. The zero-order valence-electron chi connectivity index (χ0n) is 21.2. The fourth-order valence-electron chi connectivity index (χ4n) is 3.89. The Hall–Kier alpha value is -4.08. The lowest BCUT2D eigenvalue weighted by Crippen LogP contribution is -2.31. The van der Waals surface area contributed by atoms with E-state index in [0.717, 1.165) is 15.5 Å². The van der Waals surface area contributed by atoms with Gasteiger partial charge in [0.15, 0.2) is 0 Å². The van der Waals surface area contributed by atoms with Gasteiger partial charge in [-0.25, -0.2) is 27.2 Å². The average Bonchev–Trinajstić information content (AvgIpc) is 3.25. The Kier molecular flexibility index (Phi) is 7.83. The van der Waals surface area contributed by atoms with Crippen molar-refractivity contribution < 1.29 is 35.2 Å². The van der Waals surface area contributed by atoms with E-state index in [1.165, 1.54) is 49.6 Å². The second kappa shape index (κ2) is 10.8. The Balaban J connectivity index is 1.53. The number of alkyl halides is 5. The molecule has 1 aliphatic heterocycles. The van der Waals surface area contributed by atoms with Crippen molar-refractivity contribution in [2.24, 2.45) is 0 Å². The third-order valence-electron chi connectivity index (χ3n) is 6.05. The lowest BCUT2D eigenvalue weighted by molar-refractivity contribution is -0.137. The van der Waals surface area contributed by atoms with Crippen LogP contribution in [-0.2, 0) is 22.7 Å². The first-order valence-corrected chi connectivity index (χ1v) is 13.6. The van der Waals surface area contributed by atoms with Crippen LogP contribution >= 0.6 is 0 Å². The largest absolute Gasteiger partial charge is 0.421 e. The second-order valence-corrected chi connectivity index (χ2v) is 11.1. The number of sulfonamides is 1. The molecule has 0 atom stereocenters. The van der Waals surface area contributed by atoms with Crippen molar-refractivity contribution in [3.8, 4) is 0 Å². The van der Waals surface area contributed by atoms with Crippen LogP contribution in [0.4, 0.5) is 45.2 Å². The van der Waals surface area contributed by atoms with Gasteiger partial charge in [-0.1, -0.05) is 6.07 Å². The molecular weight excluding hydrogens is 561 g/mol. The van der Waals surface area contributed by atoms with E-state index in [4.69, 9.17) is 0 Å². The summed E-state index contributed by atoms with van der Waals surface area (Å²) in [5, 5.41) is 5.33. The van der Waals surface area contributed by atoms with Crippen LogP contribution in [0.2, 0.25) is 0 Å². The maximum atomic E-state index is 13.7. The molecule has 16 heteroatoms. The SMILES string of the molecule is CN(c1ncccc1CNc1nc(Nc2ccc(C(=O)N3CCC(F)(F)C3)cc2)ncc1C(F)(F)F)S(C)(=O)=O. The number of carbonyl (C=O) groups excluding carboxylic acids is 1. The van der Waals surface area contributed by atoms with Crippen LogP contribution in [0.1, 0.15) is 27.9 Å². The van der Waals surface area contributed by atoms with Crippen LogP contribution in [0.15, 0.2) is 48.8 Å². The van der Waals surface area contributed by atoms with Gasteiger partial charge in [0.25, 0.3) is 11.8 Å². The van der Waals surface area contributed by atoms with E-state index in [2.05, 4.69) is 25.6 Å². The van der Waals surface area contributed by atoms with Crippen molar-refractivity contribution in [3.05, 3.63) is 65.5 Å². The highest BCUT2D eigenvalue weighted by Gasteiger charge is 2.40. The maximum Gasteiger partial charge on any atom is 0.421 e. The van der Waals surface area contributed by atoms with Crippen molar-refractivity contribution in [2.45, 2.75) is 25.1 Å². The van der Waals surface area contributed by atoms with Gasteiger partial charge in [0.05, 0.1) is 12.8 Å². The first-order chi connectivity index (χ1) is 18.6. The van der Waals surface area contributed by atoms with Gasteiger partial charge in [-0.05, 0) is 30.3 Å². The quantitative estimate of drug-likeness (QED) is 0.379. The molecule has 1 aliphatic rings. The van der Waals surface area contributed by atoms with Crippen molar-refractivity contribution in [1.29, 1.82) is 0 Å². The lowest BCUT2D eigenvalue weighted by atomic mass is 10.2. The fraction of sp³-hybridized carbons (Fsp3) is 0.333. The van der Waals surface area contributed by atoms with Crippen LogP contribution in [0.25, 0.3) is 0 Å². The van der Waals surface area contributed by atoms with Crippen LogP contribution in [0, 0.1) is 0 Å². The van der Waals surface area contributed by atoms with Crippen LogP contribution in [-0.4, -0.2) is 66.5 Å². The van der Waals surface area contributed by atoms with E-state index in [9.17, 15) is 35.2 Å². The van der Waals surface area contributed by atoms with Crippen LogP contribution in [0.5, 0.6) is 0 Å². The number of hydrogen-bond acceptors (Lipinski definition) is 8. The number of carbonyl (C=O) groups is 1. The summed E-state index contributed by atoms with van der Waals surface area (Å²) in [5.74, 6) is -4.22. The number of pyridine rings is 1. The zero-order chi connectivity index (χ0) is 29.3. The van der Waals surface area contributed by atoms with E-state index in [1.54, 1.807) is 0 Å². The molecule has 1 saturated heterocycles. The smallest absolute Gasteiger partial charge is 0.365 e. The molecule has 2 N–H and O–H groups in total. The number of nitrogens with zero attached hydrogens (tertiary/aromatic N) is 5. The molecule has 2 aromatic heterocycles. The lowest BCUT2D eigenvalue weighted by Gasteiger charge is -2.20. The Morgan fingerprint density at radius 3 is 2.45 bits per heavy atom. The molecule has 1 fully saturated rings. The molecule has 0 unspecified atom stereocenters. The molecule has 3 heterocycles. The number of nitrogens with one attached hydrogen (secondary N) is 2. The van der Waals surface area contributed by atoms with E-state index in [1.807, 2.05) is 0 Å². The second-order valence-electron chi connectivity index (χ2n) is 9.06. The van der Waals surface area contributed by atoms with E-state index in [-0.39, 0.29) is 30.4 Å². The van der Waals surface area contributed by atoms with Gasteiger partial charge in [0, 0.05) is 55.8 Å². The third-order valence-corrected chi connectivity index (χ3v) is 7.22. The van der Waals surface area contributed by atoms with Gasteiger partial charge in [-0.3, -0.25) is 9.10 Å². The number of hydrogen-bond donors (Lipinski definition) is 2. The van der Waals surface area contributed by atoms with E-state index in [0.29, 0.717) is 17.4 Å². The number of amides is 1. The number of rotatable bonds is 8. The number of likely N-dealkylation sites (tertiary alicyclic amines) is 1. The van der Waals surface area contributed by atoms with Crippen LogP contribution in [0.3, 0.4) is 0 Å². The summed E-state index contributed by atoms with van der Waals surface area (Å²) in [5.41, 5.74) is -0.348. The summed E-state index contributed by atoms with van der Waals surface area (Å²) >= 11 is 0. The maximum absolute atomic E-state index is 13.7. The Labute approximate surface area is 226 Å². The summed E-state index contributed by atoms with van der Waals surface area (Å²) < 4.78 is 92.7. The van der Waals surface area contributed by atoms with E-state index >= 15 is 0 Å². The van der Waals surface area contributed by atoms with Crippen LogP contribution < -0.4 is 14.9 Å². The number of aromatic nitrogens is 3. The molecule has 0 bridgehead atoms. The molecule has 0 radical (unpaired) electrons. The minimum atomic E-state index is -4.80. The zero-order valence-corrected chi connectivity index (χ0v) is 22.0. The Morgan fingerprint density at radius 1 is 1.15 bits per heavy atom. The van der Waals surface area contributed by atoms with Gasteiger partial charge < -0.3 is 15.5 Å². The fourth-order valence-corrected chi connectivity index (χ4v) is 4.37. The van der Waals surface area contributed by atoms with Crippen molar-refractivity contribution >= 4 is 39.2 Å². The molecule has 10 nitrogen and oxygen atoms in total. The van der Waals surface area contributed by atoms with Crippen molar-refractivity contribution in [2.75, 3.05) is 41.3 Å². The predicted molar refractivity (Wildman–Crippen MR) is 137 cm³/mol. The minimum Gasteiger partial charge on any atom is -0.365 e. The van der Waals surface area contributed by atoms with Gasteiger partial charge in [-0.2, -0.15) is 18.2 Å². The standard InChI is InChI=1S/C24H24F5N7O3S/c1-35(40(2,38)39)20-16(4-3-10-30-20)12-31-19-18(24(27,28)29)13-32-22(34-19)33-17-7-5-15(6-8-17)21(37)36-11-9-23(25,26)14-36/h3-8,10,13H,9,11-12,14H2,1-2H3,(H2,31,32,33,34). The molecular formula is C24H24F5N7O3S. The Bertz CT molecular complexity index is 1500. The molecule has 4 rings (SSSR count). The third kappa shape index (κ3) is 6.73. The number of benzene rings is 1. The number of halogens is 5. The normalized spacial score (nSPS) is 15.1. The monoisotopic (exact) mass is 585 g/mol. The van der Waals surface area contributed by atoms with E-state index < -0.39 is 52.4 Å². The average molecular weight is 586 g/mol. The minimum absolute atomic E-state index is 0.0331. The topological polar surface area (TPSA) is 120 Å². The molecule has 0 aliphatic carbocycles. The first-order valence-electron chi connectivity index (χ1n) is 11.7. The van der Waals surface area contributed by atoms with Gasteiger partial charge in [0.2, 0.25) is 16.0 Å². The summed E-state index contributed by atoms with van der Waals surface area (Å²) in [6, 6.07) is 8.70.